The second-order valence-corrected chi connectivity index (χ2v) is 6.27. The zero-order chi connectivity index (χ0) is 16.4. The highest BCUT2D eigenvalue weighted by Crippen LogP contribution is 2.19. The predicted octanol–water partition coefficient (Wildman–Crippen LogP) is 2.96. The highest BCUT2D eigenvalue weighted by molar-refractivity contribution is 6.30. The number of carbonyl (C=O) groups is 1. The van der Waals surface area contributed by atoms with Crippen LogP contribution < -0.4 is 5.32 Å². The van der Waals surface area contributed by atoms with E-state index >= 15 is 0 Å². The van der Waals surface area contributed by atoms with E-state index in [9.17, 15) is 4.79 Å². The molecule has 5 nitrogen and oxygen atoms in total. The highest BCUT2D eigenvalue weighted by Gasteiger charge is 2.23. The summed E-state index contributed by atoms with van der Waals surface area (Å²) < 4.78 is 0. The summed E-state index contributed by atoms with van der Waals surface area (Å²) in [7, 11) is 0. The summed E-state index contributed by atoms with van der Waals surface area (Å²) >= 11 is 5.92. The van der Waals surface area contributed by atoms with Gasteiger partial charge in [0.1, 0.15) is 5.69 Å². The highest BCUT2D eigenvalue weighted by atomic mass is 35.5. The first-order valence-corrected chi connectivity index (χ1v) is 8.05. The lowest BCUT2D eigenvalue weighted by atomic mass is 10.2. The molecule has 1 aliphatic rings. The number of halogens is 2. The van der Waals surface area contributed by atoms with Gasteiger partial charge in [0.25, 0.3) is 5.91 Å². The van der Waals surface area contributed by atoms with Crippen molar-refractivity contribution in [3.05, 3.63) is 46.7 Å². The molecule has 3 rings (SSSR count). The Hall–Kier alpha value is -1.69. The van der Waals surface area contributed by atoms with E-state index in [0.29, 0.717) is 35.7 Å². The molecule has 0 spiro atoms. The van der Waals surface area contributed by atoms with Crippen LogP contribution in [0.3, 0.4) is 0 Å². The third-order valence-electron chi connectivity index (χ3n) is 3.83. The van der Waals surface area contributed by atoms with E-state index in [1.54, 1.807) is 18.2 Å². The molecule has 0 aliphatic carbocycles. The summed E-state index contributed by atoms with van der Waals surface area (Å²) in [5, 5.41) is 3.99. The van der Waals surface area contributed by atoms with Gasteiger partial charge in [0.2, 0.25) is 0 Å². The minimum atomic E-state index is -0.0425. The van der Waals surface area contributed by atoms with Crippen molar-refractivity contribution in [2.45, 2.75) is 19.9 Å². The fraction of sp³-hybridized carbons (Fsp3) is 0.353. The third kappa shape index (κ3) is 4.23. The molecule has 24 heavy (non-hydrogen) atoms. The van der Waals surface area contributed by atoms with Crippen molar-refractivity contribution >= 4 is 29.9 Å². The third-order valence-corrected chi connectivity index (χ3v) is 4.08. The maximum Gasteiger partial charge on any atom is 0.272 e. The summed E-state index contributed by atoms with van der Waals surface area (Å²) in [4.78, 5) is 23.5. The topological polar surface area (TPSA) is 58.1 Å². The van der Waals surface area contributed by atoms with E-state index in [0.717, 1.165) is 17.8 Å². The Labute approximate surface area is 152 Å². The number of carbonyl (C=O) groups excluding carboxylic acids is 1. The zero-order valence-corrected chi connectivity index (χ0v) is 15.2. The quantitative estimate of drug-likeness (QED) is 0.887. The Balaban J connectivity index is 0.00000208. The molecule has 0 unspecified atom stereocenters. The molecule has 2 aromatic rings. The molecule has 1 aliphatic heterocycles. The smallest absolute Gasteiger partial charge is 0.272 e. The Morgan fingerprint density at radius 1 is 1.29 bits per heavy atom. The minimum absolute atomic E-state index is 0. The van der Waals surface area contributed by atoms with E-state index in [1.807, 2.05) is 24.0 Å². The molecule has 1 N–H and O–H groups in total. The number of benzene rings is 1. The van der Waals surface area contributed by atoms with Gasteiger partial charge in [-0.25, -0.2) is 9.97 Å². The minimum Gasteiger partial charge on any atom is -0.334 e. The van der Waals surface area contributed by atoms with Crippen LogP contribution in [0.15, 0.2) is 30.3 Å². The number of amides is 1. The van der Waals surface area contributed by atoms with Crippen molar-refractivity contribution in [1.82, 2.24) is 20.2 Å². The molecule has 2 heterocycles. The average molecular weight is 367 g/mol. The fourth-order valence-corrected chi connectivity index (χ4v) is 2.81. The first-order chi connectivity index (χ1) is 11.0. The molecule has 1 saturated heterocycles. The lowest BCUT2D eigenvalue weighted by Gasteiger charge is -2.31. The Morgan fingerprint density at radius 2 is 2.00 bits per heavy atom. The lowest BCUT2D eigenvalue weighted by molar-refractivity contribution is 0.0703. The van der Waals surface area contributed by atoms with E-state index < -0.39 is 0 Å². The van der Waals surface area contributed by atoms with Gasteiger partial charge in [-0.3, -0.25) is 4.79 Å². The van der Waals surface area contributed by atoms with Crippen molar-refractivity contribution in [2.24, 2.45) is 0 Å². The number of aromatic nitrogens is 2. The van der Waals surface area contributed by atoms with Crippen LogP contribution in [0.4, 0.5) is 0 Å². The van der Waals surface area contributed by atoms with Gasteiger partial charge >= 0.3 is 0 Å². The monoisotopic (exact) mass is 366 g/mol. The van der Waals surface area contributed by atoms with Crippen LogP contribution in [0, 0.1) is 6.92 Å². The summed E-state index contributed by atoms with van der Waals surface area (Å²) in [6.07, 6.45) is 0. The summed E-state index contributed by atoms with van der Waals surface area (Å²) in [5.74, 6) is 0.507. The van der Waals surface area contributed by atoms with Crippen LogP contribution in [-0.4, -0.2) is 46.5 Å². The molecular formula is C17H20Cl2N4O. The maximum atomic E-state index is 12.7. The number of aryl methyl sites for hydroxylation is 1. The number of rotatable bonds is 2. The summed E-state index contributed by atoms with van der Waals surface area (Å²) in [6.45, 7) is 6.14. The van der Waals surface area contributed by atoms with Gasteiger partial charge in [-0.15, -0.1) is 12.4 Å². The van der Waals surface area contributed by atoms with Crippen LogP contribution in [0.5, 0.6) is 0 Å². The van der Waals surface area contributed by atoms with Crippen molar-refractivity contribution in [3.8, 4) is 11.4 Å². The fourth-order valence-electron chi connectivity index (χ4n) is 2.68. The molecule has 7 heteroatoms. The molecule has 1 fully saturated rings. The number of piperazine rings is 1. The van der Waals surface area contributed by atoms with Crippen LogP contribution in [-0.2, 0) is 0 Å². The molecule has 1 aromatic carbocycles. The predicted molar refractivity (Wildman–Crippen MR) is 97.8 cm³/mol. The van der Waals surface area contributed by atoms with Crippen LogP contribution in [0.2, 0.25) is 5.02 Å². The molecule has 0 radical (unpaired) electrons. The van der Waals surface area contributed by atoms with Crippen LogP contribution in [0.25, 0.3) is 11.4 Å². The first-order valence-electron chi connectivity index (χ1n) is 7.67. The van der Waals surface area contributed by atoms with Gasteiger partial charge in [-0.1, -0.05) is 11.6 Å². The molecule has 0 bridgehead atoms. The van der Waals surface area contributed by atoms with Gasteiger partial charge in [-0.05, 0) is 44.2 Å². The van der Waals surface area contributed by atoms with Crippen LogP contribution in [0.1, 0.15) is 23.1 Å². The molecule has 128 valence electrons. The molecule has 0 saturated carbocycles. The number of nitrogens with one attached hydrogen (secondary N) is 1. The molecule has 1 atom stereocenters. The number of hydrogen-bond donors (Lipinski definition) is 1. The Kier molecular flexibility index (Phi) is 6.15. The van der Waals surface area contributed by atoms with E-state index in [1.165, 1.54) is 0 Å². The van der Waals surface area contributed by atoms with Gasteiger partial charge in [0.15, 0.2) is 5.82 Å². The van der Waals surface area contributed by atoms with E-state index in [4.69, 9.17) is 11.6 Å². The zero-order valence-electron chi connectivity index (χ0n) is 13.6. The van der Waals surface area contributed by atoms with Gasteiger partial charge in [-0.2, -0.15) is 0 Å². The van der Waals surface area contributed by atoms with Gasteiger partial charge in [0, 0.05) is 42.0 Å². The van der Waals surface area contributed by atoms with Crippen molar-refractivity contribution in [3.63, 3.8) is 0 Å². The molecule has 1 amide bonds. The van der Waals surface area contributed by atoms with Crippen molar-refractivity contribution in [1.29, 1.82) is 0 Å². The van der Waals surface area contributed by atoms with Gasteiger partial charge in [0.05, 0.1) is 0 Å². The van der Waals surface area contributed by atoms with Crippen molar-refractivity contribution in [2.75, 3.05) is 19.6 Å². The average Bonchev–Trinajstić information content (AvgIpc) is 2.54. The second kappa shape index (κ2) is 7.92. The van der Waals surface area contributed by atoms with E-state index in [-0.39, 0.29) is 18.3 Å². The van der Waals surface area contributed by atoms with Gasteiger partial charge < -0.3 is 10.2 Å². The Bertz CT molecular complexity index is 721. The SMILES string of the molecule is Cc1cc(C(=O)N2CCN[C@H](C)C2)nc(-c2ccc(Cl)cc2)n1.Cl. The second-order valence-electron chi connectivity index (χ2n) is 5.83. The number of hydrogen-bond acceptors (Lipinski definition) is 4. The lowest BCUT2D eigenvalue weighted by Crippen LogP contribution is -2.51. The molecular weight excluding hydrogens is 347 g/mol. The normalized spacial score (nSPS) is 17.3. The number of nitrogens with zero attached hydrogens (tertiary/aromatic N) is 3. The molecule has 1 aromatic heterocycles. The van der Waals surface area contributed by atoms with Crippen molar-refractivity contribution < 1.29 is 4.79 Å². The standard InChI is InChI=1S/C17H19ClN4O.ClH/c1-11-9-15(17(23)22-8-7-19-12(2)10-22)21-16(20-11)13-3-5-14(18)6-4-13;/h3-6,9,12,19H,7-8,10H2,1-2H3;1H/t12-;/m1./s1. The summed E-state index contributed by atoms with van der Waals surface area (Å²) in [5.41, 5.74) is 2.06. The first kappa shape index (κ1) is 18.6. The maximum absolute atomic E-state index is 12.7. The van der Waals surface area contributed by atoms with E-state index in [2.05, 4.69) is 22.2 Å². The largest absolute Gasteiger partial charge is 0.334 e. The van der Waals surface area contributed by atoms with Crippen LogP contribution >= 0.6 is 24.0 Å². The summed E-state index contributed by atoms with van der Waals surface area (Å²) in [6, 6.07) is 9.35. The Morgan fingerprint density at radius 3 is 2.67 bits per heavy atom.